The average molecular weight is 423 g/mol. The van der Waals surface area contributed by atoms with E-state index in [2.05, 4.69) is 4.98 Å². The molecule has 3 unspecified atom stereocenters. The second-order valence-corrected chi connectivity index (χ2v) is 9.23. The summed E-state index contributed by atoms with van der Waals surface area (Å²) < 4.78 is 5.79. The molecule has 1 aromatic carbocycles. The largest absolute Gasteiger partial charge is 0.388 e. The van der Waals surface area contributed by atoms with Crippen LogP contribution in [0.3, 0.4) is 0 Å². The van der Waals surface area contributed by atoms with Crippen LogP contribution in [-0.4, -0.2) is 67.7 Å². The van der Waals surface area contributed by atoms with E-state index in [1.807, 2.05) is 49.5 Å². The quantitative estimate of drug-likeness (QED) is 0.521. The number of pyridine rings is 1. The molecule has 8 heteroatoms. The molecular formula is C20H26N2O4S2. The molecule has 2 heterocycles. The van der Waals surface area contributed by atoms with E-state index in [9.17, 15) is 15.3 Å². The first-order chi connectivity index (χ1) is 13.4. The Morgan fingerprint density at radius 1 is 1.04 bits per heavy atom. The van der Waals surface area contributed by atoms with Gasteiger partial charge < -0.3 is 25.8 Å². The van der Waals surface area contributed by atoms with Crippen molar-refractivity contribution in [2.75, 3.05) is 6.26 Å². The molecule has 5 N–H and O–H groups in total. The first kappa shape index (κ1) is 21.6. The van der Waals surface area contributed by atoms with Crippen molar-refractivity contribution < 1.29 is 20.1 Å². The predicted molar refractivity (Wildman–Crippen MR) is 113 cm³/mol. The van der Waals surface area contributed by atoms with Crippen molar-refractivity contribution >= 4 is 23.5 Å². The van der Waals surface area contributed by atoms with E-state index in [0.29, 0.717) is 0 Å². The monoisotopic (exact) mass is 422 g/mol. The van der Waals surface area contributed by atoms with Gasteiger partial charge in [-0.25, -0.2) is 0 Å². The van der Waals surface area contributed by atoms with E-state index >= 15 is 0 Å². The molecule has 6 nitrogen and oxygen atoms in total. The normalized spacial score (nSPS) is 30.0. The average Bonchev–Trinajstić information content (AvgIpc) is 2.73. The van der Waals surface area contributed by atoms with Crippen molar-refractivity contribution in [1.82, 2.24) is 4.98 Å². The number of benzene rings is 1. The van der Waals surface area contributed by atoms with E-state index < -0.39 is 35.9 Å². The molecule has 0 amide bonds. The van der Waals surface area contributed by atoms with Crippen molar-refractivity contribution in [2.45, 2.75) is 53.0 Å². The summed E-state index contributed by atoms with van der Waals surface area (Å²) in [5.41, 5.74) is 7.88. The number of aromatic nitrogens is 1. The van der Waals surface area contributed by atoms with Gasteiger partial charge in [-0.05, 0) is 35.6 Å². The molecule has 0 aliphatic carbocycles. The third-order valence-electron chi connectivity index (χ3n) is 4.93. The van der Waals surface area contributed by atoms with Crippen LogP contribution in [0.15, 0.2) is 53.7 Å². The lowest BCUT2D eigenvalue weighted by Crippen LogP contribution is -2.62. The topological polar surface area (TPSA) is 109 Å². The Bertz CT molecular complexity index is 748. The van der Waals surface area contributed by atoms with Crippen molar-refractivity contribution in [2.24, 2.45) is 5.73 Å². The maximum Gasteiger partial charge on any atom is 0.132 e. The van der Waals surface area contributed by atoms with Gasteiger partial charge in [-0.2, -0.15) is 0 Å². The van der Waals surface area contributed by atoms with Crippen molar-refractivity contribution in [3.8, 4) is 11.1 Å². The van der Waals surface area contributed by atoms with Gasteiger partial charge in [0.15, 0.2) is 0 Å². The molecule has 1 saturated heterocycles. The molecule has 0 radical (unpaired) electrons. The Morgan fingerprint density at radius 3 is 2.36 bits per heavy atom. The molecule has 7 atom stereocenters. The Kier molecular flexibility index (Phi) is 7.38. The fourth-order valence-corrected chi connectivity index (χ4v) is 4.92. The number of thioether (sulfide) groups is 2. The van der Waals surface area contributed by atoms with Gasteiger partial charge in [0, 0.05) is 28.6 Å². The minimum absolute atomic E-state index is 0.0751. The maximum absolute atomic E-state index is 10.3. The standard InChI is InChI=1S/C20H26N2O4S2/c1-11(15(21)19-17(24)16(23)18(25)20(26-19)27-2)28-14-7-5-12(6-8-14)13-4-3-9-22-10-13/h3-11,15-20,23-25H,21H2,1-2H3/t11-,15+,16?,17?,18+,19+,20?/m0/s1. The third kappa shape index (κ3) is 4.71. The summed E-state index contributed by atoms with van der Waals surface area (Å²) in [6, 6.07) is 11.5. The molecule has 1 aliphatic rings. The van der Waals surface area contributed by atoms with Gasteiger partial charge in [-0.3, -0.25) is 4.98 Å². The minimum Gasteiger partial charge on any atom is -0.388 e. The third-order valence-corrected chi connectivity index (χ3v) is 7.02. The molecule has 2 aromatic rings. The van der Waals surface area contributed by atoms with Gasteiger partial charge in [-0.1, -0.05) is 25.1 Å². The van der Waals surface area contributed by atoms with E-state index in [0.717, 1.165) is 16.0 Å². The Hall–Kier alpha value is -1.13. The summed E-state index contributed by atoms with van der Waals surface area (Å²) in [6.07, 6.45) is 0.940. The molecule has 0 bridgehead atoms. The van der Waals surface area contributed by atoms with E-state index in [-0.39, 0.29) is 5.25 Å². The highest BCUT2D eigenvalue weighted by atomic mass is 32.2. The lowest BCUT2D eigenvalue weighted by Gasteiger charge is -2.43. The lowest BCUT2D eigenvalue weighted by molar-refractivity contribution is -0.202. The smallest absolute Gasteiger partial charge is 0.132 e. The molecular weight excluding hydrogens is 396 g/mol. The maximum atomic E-state index is 10.3. The zero-order valence-electron chi connectivity index (χ0n) is 15.8. The first-order valence-corrected chi connectivity index (χ1v) is 11.2. The lowest BCUT2D eigenvalue weighted by atomic mass is 9.94. The molecule has 1 aliphatic heterocycles. The number of hydrogen-bond donors (Lipinski definition) is 4. The number of rotatable bonds is 6. The van der Waals surface area contributed by atoms with E-state index in [4.69, 9.17) is 10.5 Å². The highest BCUT2D eigenvalue weighted by Gasteiger charge is 2.46. The Balaban J connectivity index is 1.66. The minimum atomic E-state index is -1.28. The van der Waals surface area contributed by atoms with Crippen molar-refractivity contribution in [1.29, 1.82) is 0 Å². The van der Waals surface area contributed by atoms with Gasteiger partial charge in [0.1, 0.15) is 29.9 Å². The fourth-order valence-electron chi connectivity index (χ4n) is 3.21. The van der Waals surface area contributed by atoms with Crippen LogP contribution in [0.2, 0.25) is 0 Å². The molecule has 28 heavy (non-hydrogen) atoms. The number of nitrogens with zero attached hydrogens (tertiary/aromatic N) is 1. The van der Waals surface area contributed by atoms with Gasteiger partial charge in [0.2, 0.25) is 0 Å². The van der Waals surface area contributed by atoms with Crippen LogP contribution >= 0.6 is 23.5 Å². The number of aliphatic hydroxyl groups is 3. The van der Waals surface area contributed by atoms with Gasteiger partial charge in [0.05, 0.1) is 0 Å². The van der Waals surface area contributed by atoms with Crippen LogP contribution < -0.4 is 5.73 Å². The molecule has 0 saturated carbocycles. The van der Waals surface area contributed by atoms with Gasteiger partial charge in [0.25, 0.3) is 0 Å². The number of nitrogens with two attached hydrogens (primary N) is 1. The zero-order chi connectivity index (χ0) is 20.3. The van der Waals surface area contributed by atoms with E-state index in [1.165, 1.54) is 11.8 Å². The summed E-state index contributed by atoms with van der Waals surface area (Å²) in [5, 5.41) is 30.4. The summed E-state index contributed by atoms with van der Waals surface area (Å²) in [6.45, 7) is 1.96. The highest BCUT2D eigenvalue weighted by molar-refractivity contribution is 8.00. The molecule has 1 aromatic heterocycles. The first-order valence-electron chi connectivity index (χ1n) is 9.07. The molecule has 1 fully saturated rings. The van der Waals surface area contributed by atoms with Crippen LogP contribution in [0.25, 0.3) is 11.1 Å². The second-order valence-electron chi connectivity index (χ2n) is 6.84. The summed E-state index contributed by atoms with van der Waals surface area (Å²) in [5.74, 6) is 0. The van der Waals surface area contributed by atoms with Crippen LogP contribution in [-0.2, 0) is 4.74 Å². The van der Waals surface area contributed by atoms with Crippen LogP contribution in [0.4, 0.5) is 0 Å². The molecule has 152 valence electrons. The Morgan fingerprint density at radius 2 is 1.75 bits per heavy atom. The van der Waals surface area contributed by atoms with E-state index in [1.54, 1.807) is 24.2 Å². The zero-order valence-corrected chi connectivity index (χ0v) is 17.4. The van der Waals surface area contributed by atoms with Crippen LogP contribution in [0.5, 0.6) is 0 Å². The summed E-state index contributed by atoms with van der Waals surface area (Å²) in [7, 11) is 0. The van der Waals surface area contributed by atoms with Crippen LogP contribution in [0, 0.1) is 0 Å². The predicted octanol–water partition coefficient (Wildman–Crippen LogP) is 1.73. The van der Waals surface area contributed by atoms with Crippen molar-refractivity contribution in [3.05, 3.63) is 48.8 Å². The van der Waals surface area contributed by atoms with Crippen molar-refractivity contribution in [3.63, 3.8) is 0 Å². The second kappa shape index (κ2) is 9.58. The molecule has 0 spiro atoms. The van der Waals surface area contributed by atoms with Gasteiger partial charge in [-0.15, -0.1) is 23.5 Å². The SMILES string of the molecule is CSC1O[C@H]([C@H](N)[C@H](C)Sc2ccc(-c3cccnc3)cc2)C(O)C(O)[C@H]1O. The highest BCUT2D eigenvalue weighted by Crippen LogP contribution is 2.33. The van der Waals surface area contributed by atoms with Gasteiger partial charge >= 0.3 is 0 Å². The molecule has 3 rings (SSSR count). The number of hydrogen-bond acceptors (Lipinski definition) is 8. The fraction of sp³-hybridized carbons (Fsp3) is 0.450. The number of aliphatic hydroxyl groups excluding tert-OH is 3. The Labute approximate surface area is 173 Å². The van der Waals surface area contributed by atoms with Crippen LogP contribution in [0.1, 0.15) is 6.92 Å². The number of ether oxygens (including phenoxy) is 1. The summed E-state index contributed by atoms with van der Waals surface area (Å²) in [4.78, 5) is 5.18. The summed E-state index contributed by atoms with van der Waals surface area (Å²) >= 11 is 2.86.